The number of nitrogens with zero attached hydrogens (tertiary/aromatic N) is 4. The van der Waals surface area contributed by atoms with E-state index in [1.807, 2.05) is 18.5 Å². The van der Waals surface area contributed by atoms with E-state index in [-0.39, 0.29) is 11.2 Å². The molecule has 20 heavy (non-hydrogen) atoms. The molecule has 0 aromatic carbocycles. The zero-order valence-electron chi connectivity index (χ0n) is 12.1. The standard InChI is InChI=1S/C13H22N4O2S/c1-3-9-19-12(18)10(2)20-13-14-15-16-17(13)11-7-5-4-6-8-11/h10-11H,3-9H2,1-2H3. The molecule has 0 aliphatic heterocycles. The number of hydrogen-bond donors (Lipinski definition) is 0. The van der Waals surface area contributed by atoms with Crippen LogP contribution in [0.25, 0.3) is 0 Å². The van der Waals surface area contributed by atoms with Crippen molar-refractivity contribution in [3.8, 4) is 0 Å². The normalized spacial score (nSPS) is 17.9. The van der Waals surface area contributed by atoms with Gasteiger partial charge < -0.3 is 4.74 Å². The Kier molecular flexibility index (Phi) is 5.82. The van der Waals surface area contributed by atoms with Gasteiger partial charge in [-0.1, -0.05) is 37.9 Å². The predicted octanol–water partition coefficient (Wildman–Crippen LogP) is 2.61. The first-order valence-corrected chi connectivity index (χ1v) is 8.21. The van der Waals surface area contributed by atoms with E-state index in [1.54, 1.807) is 0 Å². The van der Waals surface area contributed by atoms with Crippen LogP contribution in [0.2, 0.25) is 0 Å². The Balaban J connectivity index is 1.95. The lowest BCUT2D eigenvalue weighted by atomic mass is 9.96. The molecule has 2 rings (SSSR count). The average Bonchev–Trinajstić information content (AvgIpc) is 2.93. The lowest BCUT2D eigenvalue weighted by Gasteiger charge is -2.22. The van der Waals surface area contributed by atoms with Gasteiger partial charge in [0.1, 0.15) is 5.25 Å². The molecule has 1 saturated carbocycles. The number of carbonyl (C=O) groups excluding carboxylic acids is 1. The molecule has 7 heteroatoms. The lowest BCUT2D eigenvalue weighted by molar-refractivity contribution is -0.142. The van der Waals surface area contributed by atoms with Gasteiger partial charge in [0.2, 0.25) is 5.16 Å². The molecule has 0 amide bonds. The Morgan fingerprint density at radius 2 is 2.20 bits per heavy atom. The van der Waals surface area contributed by atoms with E-state index in [4.69, 9.17) is 4.74 Å². The minimum absolute atomic E-state index is 0.199. The van der Waals surface area contributed by atoms with E-state index >= 15 is 0 Å². The topological polar surface area (TPSA) is 69.9 Å². The SMILES string of the molecule is CCCOC(=O)C(C)Sc1nnnn1C1CCCCC1. The van der Waals surface area contributed by atoms with Crippen LogP contribution in [-0.2, 0) is 9.53 Å². The molecular weight excluding hydrogens is 276 g/mol. The maximum absolute atomic E-state index is 11.8. The highest BCUT2D eigenvalue weighted by atomic mass is 32.2. The van der Waals surface area contributed by atoms with Gasteiger partial charge in [-0.15, -0.1) is 5.10 Å². The van der Waals surface area contributed by atoms with Crippen molar-refractivity contribution in [2.24, 2.45) is 0 Å². The molecule has 0 radical (unpaired) electrons. The summed E-state index contributed by atoms with van der Waals surface area (Å²) >= 11 is 1.38. The van der Waals surface area contributed by atoms with Gasteiger partial charge in [-0.05, 0) is 36.6 Å². The highest BCUT2D eigenvalue weighted by Crippen LogP contribution is 2.31. The van der Waals surface area contributed by atoms with Crippen LogP contribution < -0.4 is 0 Å². The van der Waals surface area contributed by atoms with Crippen LogP contribution in [-0.4, -0.2) is 38.0 Å². The summed E-state index contributed by atoms with van der Waals surface area (Å²) in [5.74, 6) is -0.199. The number of aromatic nitrogens is 4. The first kappa shape index (κ1) is 15.3. The van der Waals surface area contributed by atoms with Crippen molar-refractivity contribution in [3.05, 3.63) is 0 Å². The summed E-state index contributed by atoms with van der Waals surface area (Å²) in [6, 6.07) is 0.375. The molecule has 112 valence electrons. The smallest absolute Gasteiger partial charge is 0.319 e. The second-order valence-corrected chi connectivity index (χ2v) is 6.43. The quantitative estimate of drug-likeness (QED) is 0.594. The van der Waals surface area contributed by atoms with Crippen LogP contribution >= 0.6 is 11.8 Å². The van der Waals surface area contributed by atoms with Crippen LogP contribution in [0.5, 0.6) is 0 Å². The lowest BCUT2D eigenvalue weighted by Crippen LogP contribution is -2.20. The Morgan fingerprint density at radius 1 is 1.45 bits per heavy atom. The summed E-state index contributed by atoms with van der Waals surface area (Å²) in [4.78, 5) is 11.8. The molecular formula is C13H22N4O2S. The van der Waals surface area contributed by atoms with Crippen molar-refractivity contribution >= 4 is 17.7 Å². The summed E-state index contributed by atoms with van der Waals surface area (Å²) in [6.45, 7) is 4.29. The largest absolute Gasteiger partial charge is 0.465 e. The molecule has 6 nitrogen and oxygen atoms in total. The van der Waals surface area contributed by atoms with Crippen LogP contribution in [0.1, 0.15) is 58.4 Å². The van der Waals surface area contributed by atoms with Crippen LogP contribution in [0.4, 0.5) is 0 Å². The molecule has 1 fully saturated rings. The van der Waals surface area contributed by atoms with Crippen molar-refractivity contribution in [2.75, 3.05) is 6.61 Å². The van der Waals surface area contributed by atoms with Crippen molar-refractivity contribution in [2.45, 2.75) is 68.8 Å². The zero-order chi connectivity index (χ0) is 14.4. The van der Waals surface area contributed by atoms with Gasteiger partial charge in [0.25, 0.3) is 0 Å². The fourth-order valence-corrected chi connectivity index (χ4v) is 3.20. The van der Waals surface area contributed by atoms with Gasteiger partial charge >= 0.3 is 5.97 Å². The summed E-state index contributed by atoms with van der Waals surface area (Å²) < 4.78 is 7.03. The molecule has 1 aliphatic rings. The fourth-order valence-electron chi connectivity index (χ4n) is 2.34. The summed E-state index contributed by atoms with van der Waals surface area (Å²) in [6.07, 6.45) is 6.82. The molecule has 1 heterocycles. The minimum atomic E-state index is -0.283. The number of carbonyl (C=O) groups is 1. The van der Waals surface area contributed by atoms with Gasteiger partial charge in [0.05, 0.1) is 12.6 Å². The second kappa shape index (κ2) is 7.61. The highest BCUT2D eigenvalue weighted by molar-refractivity contribution is 8.00. The first-order valence-electron chi connectivity index (χ1n) is 7.33. The van der Waals surface area contributed by atoms with E-state index < -0.39 is 0 Å². The molecule has 1 unspecified atom stereocenters. The van der Waals surface area contributed by atoms with Gasteiger partial charge in [0, 0.05) is 0 Å². The summed E-state index contributed by atoms with van der Waals surface area (Å²) in [5, 5.41) is 12.3. The molecule has 0 bridgehead atoms. The van der Waals surface area contributed by atoms with E-state index in [9.17, 15) is 4.79 Å². The molecule has 0 spiro atoms. The van der Waals surface area contributed by atoms with Gasteiger partial charge in [-0.25, -0.2) is 4.68 Å². The number of ether oxygens (including phenoxy) is 1. The summed E-state index contributed by atoms with van der Waals surface area (Å²) in [5.41, 5.74) is 0. The number of thioether (sulfide) groups is 1. The van der Waals surface area contributed by atoms with Gasteiger partial charge in [0.15, 0.2) is 0 Å². The number of hydrogen-bond acceptors (Lipinski definition) is 6. The Labute approximate surface area is 123 Å². The maximum Gasteiger partial charge on any atom is 0.319 e. The van der Waals surface area contributed by atoms with E-state index in [0.717, 1.165) is 24.4 Å². The summed E-state index contributed by atoms with van der Waals surface area (Å²) in [7, 11) is 0. The van der Waals surface area contributed by atoms with E-state index in [0.29, 0.717) is 12.6 Å². The molecule has 1 atom stereocenters. The van der Waals surface area contributed by atoms with Crippen molar-refractivity contribution < 1.29 is 9.53 Å². The fraction of sp³-hybridized carbons (Fsp3) is 0.846. The molecule has 0 N–H and O–H groups in total. The maximum atomic E-state index is 11.8. The molecule has 1 aromatic rings. The van der Waals surface area contributed by atoms with Crippen LogP contribution in [0, 0.1) is 0 Å². The number of rotatable bonds is 6. The Hall–Kier alpha value is -1.11. The second-order valence-electron chi connectivity index (χ2n) is 5.13. The highest BCUT2D eigenvalue weighted by Gasteiger charge is 2.24. The first-order chi connectivity index (χ1) is 9.72. The third-order valence-electron chi connectivity index (χ3n) is 3.45. The van der Waals surface area contributed by atoms with Crippen molar-refractivity contribution in [1.29, 1.82) is 0 Å². The van der Waals surface area contributed by atoms with Crippen LogP contribution in [0.15, 0.2) is 5.16 Å². The third kappa shape index (κ3) is 3.94. The van der Waals surface area contributed by atoms with Crippen molar-refractivity contribution in [1.82, 2.24) is 20.2 Å². The van der Waals surface area contributed by atoms with Crippen LogP contribution in [0.3, 0.4) is 0 Å². The third-order valence-corrected chi connectivity index (χ3v) is 4.47. The molecule has 1 aliphatic carbocycles. The molecule has 0 saturated heterocycles. The van der Waals surface area contributed by atoms with Gasteiger partial charge in [-0.3, -0.25) is 4.79 Å². The number of tetrazole rings is 1. The van der Waals surface area contributed by atoms with Crippen molar-refractivity contribution in [3.63, 3.8) is 0 Å². The zero-order valence-corrected chi connectivity index (χ0v) is 12.9. The van der Waals surface area contributed by atoms with E-state index in [1.165, 1.54) is 31.0 Å². The monoisotopic (exact) mass is 298 g/mol. The Morgan fingerprint density at radius 3 is 2.90 bits per heavy atom. The number of esters is 1. The predicted molar refractivity (Wildman–Crippen MR) is 76.5 cm³/mol. The minimum Gasteiger partial charge on any atom is -0.465 e. The van der Waals surface area contributed by atoms with Gasteiger partial charge in [-0.2, -0.15) is 0 Å². The Bertz CT molecular complexity index is 432. The molecule has 1 aromatic heterocycles. The van der Waals surface area contributed by atoms with E-state index in [2.05, 4.69) is 15.5 Å². The average molecular weight is 298 g/mol.